The number of aliphatic hydroxyl groups excluding tert-OH is 1. The normalized spacial score (nSPS) is 16.0. The lowest BCUT2D eigenvalue weighted by Crippen LogP contribution is -2.26. The highest BCUT2D eigenvalue weighted by Crippen LogP contribution is 2.44. The van der Waals surface area contributed by atoms with Gasteiger partial charge in [-0.2, -0.15) is 0 Å². The third-order valence-electron chi connectivity index (χ3n) is 8.58. The zero-order valence-corrected chi connectivity index (χ0v) is 26.2. The molecule has 1 aliphatic carbocycles. The maximum absolute atomic E-state index is 13.9. The number of rotatable bonds is 9. The number of benzene rings is 2. The average Bonchev–Trinajstić information content (AvgIpc) is 3.85. The maximum Gasteiger partial charge on any atom is 0.261 e. The van der Waals surface area contributed by atoms with Crippen LogP contribution in [0.15, 0.2) is 65.1 Å². The molecule has 0 spiro atoms. The van der Waals surface area contributed by atoms with Crippen LogP contribution in [0.2, 0.25) is 0 Å². The van der Waals surface area contributed by atoms with Crippen molar-refractivity contribution < 1.29 is 23.5 Å². The molecule has 0 saturated carbocycles. The molecule has 3 aromatic heterocycles. The average molecular weight is 638 g/mol. The Morgan fingerprint density at radius 3 is 2.67 bits per heavy atom. The summed E-state index contributed by atoms with van der Waals surface area (Å²) in [6, 6.07) is 17.3. The summed E-state index contributed by atoms with van der Waals surface area (Å²) in [4.78, 5) is 35.3. The quantitative estimate of drug-likeness (QED) is 0.193. The van der Waals surface area contributed by atoms with Crippen molar-refractivity contribution >= 4 is 23.2 Å². The molecular weight excluding hydrogens is 605 g/mol. The highest BCUT2D eigenvalue weighted by molar-refractivity contribution is 7.17. The van der Waals surface area contributed by atoms with E-state index < -0.39 is 11.9 Å². The lowest BCUT2D eigenvalue weighted by atomic mass is 9.93. The number of thiophene rings is 1. The molecule has 2 amide bonds. The Labute approximate surface area is 269 Å². The molecule has 7 rings (SSSR count). The number of fused-ring (bicyclic) bond motifs is 2. The number of hydrogen-bond donors (Lipinski definition) is 2. The van der Waals surface area contributed by atoms with Crippen molar-refractivity contribution in [2.75, 3.05) is 6.54 Å². The van der Waals surface area contributed by atoms with Crippen molar-refractivity contribution in [3.63, 3.8) is 0 Å². The molecular formula is C35H32FN5O4S. The summed E-state index contributed by atoms with van der Waals surface area (Å²) < 4.78 is 19.6. The van der Waals surface area contributed by atoms with Crippen LogP contribution in [-0.2, 0) is 19.4 Å². The highest BCUT2D eigenvalue weighted by Gasteiger charge is 2.37. The SMILES string of the molecule is CCCN1Cc2nc(CC(O)c3ccc(F)cc3)c(-c3nnc(C)o3)c(-c3ccc(C(=O)NC4CCc5ccccc54)s3)c2C1=O. The number of hydrogen-bond acceptors (Lipinski definition) is 8. The Balaban J connectivity index is 1.33. The monoisotopic (exact) mass is 637 g/mol. The van der Waals surface area contributed by atoms with E-state index in [1.54, 1.807) is 17.9 Å². The molecule has 0 saturated heterocycles. The minimum absolute atomic E-state index is 0.0461. The summed E-state index contributed by atoms with van der Waals surface area (Å²) in [6.45, 7) is 4.55. The fourth-order valence-corrected chi connectivity index (χ4v) is 7.40. The lowest BCUT2D eigenvalue weighted by molar-refractivity contribution is 0.0778. The lowest BCUT2D eigenvalue weighted by Gasteiger charge is -2.17. The summed E-state index contributed by atoms with van der Waals surface area (Å²) in [6.07, 6.45) is 1.54. The van der Waals surface area contributed by atoms with Crippen LogP contribution in [0.25, 0.3) is 21.9 Å². The number of nitrogens with zero attached hydrogens (tertiary/aromatic N) is 4. The standard InChI is InChI=1S/C35H32FN5O4S/c1-3-16-41-18-26-31(35(41)44)32(28-14-15-29(46-28)33(43)38-24-13-10-20-6-4-5-7-23(20)24)30(34-40-39-19(2)45-34)25(37-26)17-27(42)21-8-11-22(36)12-9-21/h4-9,11-12,14-15,24,27,42H,3,10,13,16-18H2,1-2H3,(H,38,43). The molecule has 234 valence electrons. The van der Waals surface area contributed by atoms with Crippen LogP contribution in [0, 0.1) is 12.7 Å². The van der Waals surface area contributed by atoms with E-state index in [0.29, 0.717) is 62.4 Å². The number of pyridine rings is 1. The van der Waals surface area contributed by atoms with Gasteiger partial charge in [0.15, 0.2) is 0 Å². The molecule has 9 nitrogen and oxygen atoms in total. The molecule has 2 aliphatic rings. The minimum Gasteiger partial charge on any atom is -0.421 e. The molecule has 0 radical (unpaired) electrons. The third kappa shape index (κ3) is 5.50. The smallest absolute Gasteiger partial charge is 0.261 e. The van der Waals surface area contributed by atoms with E-state index in [4.69, 9.17) is 9.40 Å². The molecule has 2 aromatic carbocycles. The second-order valence-electron chi connectivity index (χ2n) is 11.7. The van der Waals surface area contributed by atoms with Gasteiger partial charge in [-0.1, -0.05) is 43.3 Å². The summed E-state index contributed by atoms with van der Waals surface area (Å²) >= 11 is 1.28. The van der Waals surface area contributed by atoms with Crippen LogP contribution in [0.3, 0.4) is 0 Å². The van der Waals surface area contributed by atoms with Crippen molar-refractivity contribution in [3.05, 3.63) is 111 Å². The number of amides is 2. The van der Waals surface area contributed by atoms with Crippen LogP contribution >= 0.6 is 11.3 Å². The topological polar surface area (TPSA) is 121 Å². The summed E-state index contributed by atoms with van der Waals surface area (Å²) in [7, 11) is 0. The molecule has 1 aliphatic heterocycles. The molecule has 2 unspecified atom stereocenters. The van der Waals surface area contributed by atoms with E-state index in [0.717, 1.165) is 24.8 Å². The highest BCUT2D eigenvalue weighted by atomic mass is 32.1. The van der Waals surface area contributed by atoms with Gasteiger partial charge in [-0.05, 0) is 60.2 Å². The summed E-state index contributed by atoms with van der Waals surface area (Å²) in [5, 5.41) is 22.8. The first-order valence-electron chi connectivity index (χ1n) is 15.4. The maximum atomic E-state index is 13.9. The summed E-state index contributed by atoms with van der Waals surface area (Å²) in [5.41, 5.74) is 5.36. The number of halogens is 1. The van der Waals surface area contributed by atoms with Crippen molar-refractivity contribution in [2.45, 2.75) is 58.2 Å². The third-order valence-corrected chi connectivity index (χ3v) is 9.68. The second-order valence-corrected chi connectivity index (χ2v) is 12.8. The molecule has 5 aromatic rings. The van der Waals surface area contributed by atoms with E-state index in [9.17, 15) is 19.1 Å². The van der Waals surface area contributed by atoms with Gasteiger partial charge in [-0.25, -0.2) is 4.39 Å². The first-order chi connectivity index (χ1) is 22.3. The zero-order chi connectivity index (χ0) is 31.9. The minimum atomic E-state index is -1.02. The number of nitrogens with one attached hydrogen (secondary N) is 1. The Morgan fingerprint density at radius 1 is 1.11 bits per heavy atom. The van der Waals surface area contributed by atoms with Gasteiger partial charge in [-0.3, -0.25) is 14.6 Å². The van der Waals surface area contributed by atoms with E-state index in [1.165, 1.54) is 41.2 Å². The number of aryl methyl sites for hydroxylation is 2. The second kappa shape index (κ2) is 12.2. The van der Waals surface area contributed by atoms with Crippen LogP contribution in [0.5, 0.6) is 0 Å². The number of carbonyl (C=O) groups excluding carboxylic acids is 2. The van der Waals surface area contributed by atoms with Gasteiger partial charge in [0, 0.05) is 30.3 Å². The first-order valence-corrected chi connectivity index (χ1v) is 16.2. The van der Waals surface area contributed by atoms with Crippen LogP contribution in [0.4, 0.5) is 4.39 Å². The van der Waals surface area contributed by atoms with E-state index in [1.807, 2.05) is 25.1 Å². The zero-order valence-electron chi connectivity index (χ0n) is 25.4. The van der Waals surface area contributed by atoms with Crippen molar-refractivity contribution in [1.82, 2.24) is 25.4 Å². The van der Waals surface area contributed by atoms with Gasteiger partial charge in [-0.15, -0.1) is 21.5 Å². The van der Waals surface area contributed by atoms with E-state index in [2.05, 4.69) is 27.6 Å². The Morgan fingerprint density at radius 2 is 1.91 bits per heavy atom. The van der Waals surface area contributed by atoms with Crippen LogP contribution in [0.1, 0.15) is 85.9 Å². The van der Waals surface area contributed by atoms with Crippen molar-refractivity contribution in [3.8, 4) is 21.9 Å². The van der Waals surface area contributed by atoms with Crippen molar-refractivity contribution in [2.24, 2.45) is 0 Å². The van der Waals surface area contributed by atoms with Gasteiger partial charge < -0.3 is 19.7 Å². The van der Waals surface area contributed by atoms with Crippen LogP contribution < -0.4 is 5.32 Å². The predicted molar refractivity (Wildman–Crippen MR) is 171 cm³/mol. The van der Waals surface area contributed by atoms with Gasteiger partial charge >= 0.3 is 0 Å². The number of aromatic nitrogens is 3. The molecule has 11 heteroatoms. The number of carbonyl (C=O) groups is 2. The van der Waals surface area contributed by atoms with Gasteiger partial charge in [0.1, 0.15) is 5.82 Å². The van der Waals surface area contributed by atoms with Crippen molar-refractivity contribution in [1.29, 1.82) is 0 Å². The fourth-order valence-electron chi connectivity index (χ4n) is 6.43. The van der Waals surface area contributed by atoms with Gasteiger partial charge in [0.05, 0.1) is 46.1 Å². The largest absolute Gasteiger partial charge is 0.421 e. The molecule has 4 heterocycles. The molecule has 2 atom stereocenters. The van der Waals surface area contributed by atoms with Crippen LogP contribution in [-0.4, -0.2) is 43.5 Å². The first kappa shape index (κ1) is 29.9. The Bertz CT molecular complexity index is 1950. The fraction of sp³-hybridized carbons (Fsp3) is 0.286. The predicted octanol–water partition coefficient (Wildman–Crippen LogP) is 6.37. The molecule has 0 fully saturated rings. The van der Waals surface area contributed by atoms with E-state index >= 15 is 0 Å². The molecule has 46 heavy (non-hydrogen) atoms. The van der Waals surface area contributed by atoms with Gasteiger partial charge in [0.25, 0.3) is 11.8 Å². The Hall–Kier alpha value is -4.74. The Kier molecular flexibility index (Phi) is 7.95. The molecule has 2 N–H and O–H groups in total. The number of aliphatic hydroxyl groups is 1. The van der Waals surface area contributed by atoms with Gasteiger partial charge in [0.2, 0.25) is 11.8 Å². The summed E-state index contributed by atoms with van der Waals surface area (Å²) in [5.74, 6) is -0.268. The molecule has 0 bridgehead atoms. The van der Waals surface area contributed by atoms with E-state index in [-0.39, 0.29) is 30.2 Å².